The van der Waals surface area contributed by atoms with Crippen LogP contribution in [0.4, 0.5) is 0 Å². The lowest BCUT2D eigenvalue weighted by Crippen LogP contribution is -2.46. The van der Waals surface area contributed by atoms with Gasteiger partial charge in [0.15, 0.2) is 5.60 Å². The van der Waals surface area contributed by atoms with Gasteiger partial charge < -0.3 is 14.8 Å². The Kier molecular flexibility index (Phi) is 3.27. The maximum atomic E-state index is 11.5. The van der Waals surface area contributed by atoms with Crippen molar-refractivity contribution in [3.63, 3.8) is 0 Å². The number of methoxy groups -OCH3 is 1. The summed E-state index contributed by atoms with van der Waals surface area (Å²) in [5.41, 5.74) is -0.747. The molecule has 1 saturated heterocycles. The van der Waals surface area contributed by atoms with E-state index in [1.807, 2.05) is 13.8 Å². The molecule has 0 radical (unpaired) electrons. The first-order valence-corrected chi connectivity index (χ1v) is 4.58. The largest absolute Gasteiger partial charge is 0.467 e. The van der Waals surface area contributed by atoms with Gasteiger partial charge in [0.2, 0.25) is 0 Å². The fraction of sp³-hybridized carbons (Fsp3) is 0.889. The first-order valence-electron chi connectivity index (χ1n) is 4.58. The molecule has 1 N–H and O–H groups in total. The fourth-order valence-electron chi connectivity index (χ4n) is 1.63. The number of rotatable bonds is 3. The molecule has 76 valence electrons. The van der Waals surface area contributed by atoms with Crippen molar-refractivity contribution in [1.29, 1.82) is 0 Å². The highest BCUT2D eigenvalue weighted by molar-refractivity contribution is 5.80. The van der Waals surface area contributed by atoms with Crippen molar-refractivity contribution >= 4 is 5.97 Å². The molecule has 1 aliphatic heterocycles. The number of hydrogen-bond donors (Lipinski definition) is 1. The number of hydrogen-bond acceptors (Lipinski definition) is 4. The third kappa shape index (κ3) is 2.19. The molecule has 4 nitrogen and oxygen atoms in total. The molecule has 1 unspecified atom stereocenters. The third-order valence-electron chi connectivity index (χ3n) is 2.13. The second-order valence-electron chi connectivity index (χ2n) is 3.58. The van der Waals surface area contributed by atoms with E-state index < -0.39 is 5.60 Å². The van der Waals surface area contributed by atoms with Crippen molar-refractivity contribution in [3.05, 3.63) is 0 Å². The van der Waals surface area contributed by atoms with Crippen molar-refractivity contribution in [2.45, 2.75) is 32.0 Å². The average molecular weight is 187 g/mol. The molecule has 0 amide bonds. The summed E-state index contributed by atoms with van der Waals surface area (Å²) in [6, 6.07) is 0. The van der Waals surface area contributed by atoms with Crippen LogP contribution in [0.1, 0.15) is 20.3 Å². The van der Waals surface area contributed by atoms with Crippen molar-refractivity contribution in [2.75, 3.05) is 20.2 Å². The molecule has 0 aliphatic carbocycles. The van der Waals surface area contributed by atoms with E-state index in [0.717, 1.165) is 6.54 Å². The minimum atomic E-state index is -0.747. The summed E-state index contributed by atoms with van der Waals surface area (Å²) in [6.45, 7) is 5.20. The standard InChI is InChI=1S/C9H17NO3/c1-7(2)13-9(8(11)12-3)4-5-10-6-9/h7,10H,4-6H2,1-3H3. The molecule has 0 aromatic carbocycles. The number of carbonyl (C=O) groups is 1. The summed E-state index contributed by atoms with van der Waals surface area (Å²) < 4.78 is 10.3. The van der Waals surface area contributed by atoms with Crippen LogP contribution in [0.3, 0.4) is 0 Å². The number of ether oxygens (including phenoxy) is 2. The summed E-state index contributed by atoms with van der Waals surface area (Å²) in [5, 5.41) is 3.11. The van der Waals surface area contributed by atoms with Gasteiger partial charge in [-0.05, 0) is 20.4 Å². The molecule has 1 atom stereocenters. The zero-order valence-corrected chi connectivity index (χ0v) is 8.42. The van der Waals surface area contributed by atoms with Gasteiger partial charge in [-0.2, -0.15) is 0 Å². The zero-order chi connectivity index (χ0) is 9.90. The first-order chi connectivity index (χ1) is 6.10. The van der Waals surface area contributed by atoms with Crippen LogP contribution in [-0.2, 0) is 14.3 Å². The quantitative estimate of drug-likeness (QED) is 0.646. The lowest BCUT2D eigenvalue weighted by molar-refractivity contribution is -0.172. The molecule has 0 spiro atoms. The van der Waals surface area contributed by atoms with Crippen LogP contribution < -0.4 is 5.32 Å². The predicted molar refractivity (Wildman–Crippen MR) is 48.5 cm³/mol. The Morgan fingerprint density at radius 3 is 2.62 bits per heavy atom. The van der Waals surface area contributed by atoms with Gasteiger partial charge in [0.25, 0.3) is 0 Å². The van der Waals surface area contributed by atoms with E-state index in [4.69, 9.17) is 9.47 Å². The molecule has 1 rings (SSSR count). The molecular formula is C9H17NO3. The molecular weight excluding hydrogens is 170 g/mol. The molecule has 0 saturated carbocycles. The molecule has 4 heteroatoms. The van der Waals surface area contributed by atoms with E-state index in [0.29, 0.717) is 13.0 Å². The lowest BCUT2D eigenvalue weighted by Gasteiger charge is -2.27. The van der Waals surface area contributed by atoms with Gasteiger partial charge >= 0.3 is 5.97 Å². The molecule has 13 heavy (non-hydrogen) atoms. The van der Waals surface area contributed by atoms with Crippen molar-refractivity contribution in [3.8, 4) is 0 Å². The second-order valence-corrected chi connectivity index (χ2v) is 3.58. The first kappa shape index (κ1) is 10.5. The molecule has 1 heterocycles. The van der Waals surface area contributed by atoms with Crippen LogP contribution in [0.5, 0.6) is 0 Å². The Bertz CT molecular complexity index is 185. The smallest absolute Gasteiger partial charge is 0.339 e. The lowest BCUT2D eigenvalue weighted by atomic mass is 10.0. The van der Waals surface area contributed by atoms with Gasteiger partial charge in [0, 0.05) is 13.0 Å². The summed E-state index contributed by atoms with van der Waals surface area (Å²) in [7, 11) is 1.39. The molecule has 1 fully saturated rings. The van der Waals surface area contributed by atoms with E-state index in [2.05, 4.69) is 5.32 Å². The zero-order valence-electron chi connectivity index (χ0n) is 8.42. The predicted octanol–water partition coefficient (Wildman–Crippen LogP) is 0.316. The number of carbonyl (C=O) groups excluding carboxylic acids is 1. The molecule has 0 aromatic heterocycles. The van der Waals surface area contributed by atoms with E-state index in [1.54, 1.807) is 0 Å². The highest BCUT2D eigenvalue weighted by Gasteiger charge is 2.44. The normalized spacial score (nSPS) is 28.0. The average Bonchev–Trinajstić information content (AvgIpc) is 2.51. The minimum absolute atomic E-state index is 0.0407. The Morgan fingerprint density at radius 2 is 2.23 bits per heavy atom. The summed E-state index contributed by atoms with van der Waals surface area (Å²) in [4.78, 5) is 11.5. The molecule has 0 bridgehead atoms. The topological polar surface area (TPSA) is 47.6 Å². The van der Waals surface area contributed by atoms with Crippen LogP contribution >= 0.6 is 0 Å². The van der Waals surface area contributed by atoms with E-state index in [9.17, 15) is 4.79 Å². The van der Waals surface area contributed by atoms with Gasteiger partial charge in [0.1, 0.15) is 0 Å². The van der Waals surface area contributed by atoms with Crippen LogP contribution in [0.2, 0.25) is 0 Å². The Hall–Kier alpha value is -0.610. The molecule has 0 aromatic rings. The van der Waals surface area contributed by atoms with Crippen LogP contribution in [0.15, 0.2) is 0 Å². The van der Waals surface area contributed by atoms with Gasteiger partial charge in [-0.25, -0.2) is 4.79 Å². The van der Waals surface area contributed by atoms with E-state index in [-0.39, 0.29) is 12.1 Å². The van der Waals surface area contributed by atoms with E-state index in [1.165, 1.54) is 7.11 Å². The van der Waals surface area contributed by atoms with Gasteiger partial charge in [-0.3, -0.25) is 0 Å². The third-order valence-corrected chi connectivity index (χ3v) is 2.13. The molecule has 1 aliphatic rings. The van der Waals surface area contributed by atoms with Crippen molar-refractivity contribution < 1.29 is 14.3 Å². The summed E-state index contributed by atoms with van der Waals surface area (Å²) in [6.07, 6.45) is 0.733. The summed E-state index contributed by atoms with van der Waals surface area (Å²) in [5.74, 6) is -0.272. The number of nitrogens with one attached hydrogen (secondary N) is 1. The SMILES string of the molecule is COC(=O)C1(OC(C)C)CCNC1. The maximum Gasteiger partial charge on any atom is 0.339 e. The van der Waals surface area contributed by atoms with Crippen LogP contribution in [0.25, 0.3) is 0 Å². The van der Waals surface area contributed by atoms with Gasteiger partial charge in [-0.15, -0.1) is 0 Å². The highest BCUT2D eigenvalue weighted by atomic mass is 16.6. The maximum absolute atomic E-state index is 11.5. The second kappa shape index (κ2) is 4.07. The van der Waals surface area contributed by atoms with Crippen LogP contribution in [-0.4, -0.2) is 37.9 Å². The number of esters is 1. The van der Waals surface area contributed by atoms with Crippen LogP contribution in [0, 0.1) is 0 Å². The highest BCUT2D eigenvalue weighted by Crippen LogP contribution is 2.23. The van der Waals surface area contributed by atoms with Crippen molar-refractivity contribution in [2.24, 2.45) is 0 Å². The Labute approximate surface area is 78.6 Å². The Morgan fingerprint density at radius 1 is 1.54 bits per heavy atom. The van der Waals surface area contributed by atoms with E-state index >= 15 is 0 Å². The van der Waals surface area contributed by atoms with Gasteiger partial charge in [-0.1, -0.05) is 0 Å². The van der Waals surface area contributed by atoms with Crippen molar-refractivity contribution in [1.82, 2.24) is 5.32 Å². The fourth-order valence-corrected chi connectivity index (χ4v) is 1.63. The summed E-state index contributed by atoms with van der Waals surface area (Å²) >= 11 is 0. The van der Waals surface area contributed by atoms with Gasteiger partial charge in [0.05, 0.1) is 13.2 Å². The monoisotopic (exact) mass is 187 g/mol. The minimum Gasteiger partial charge on any atom is -0.467 e. The Balaban J connectivity index is 2.68.